The van der Waals surface area contributed by atoms with Gasteiger partial charge in [0.15, 0.2) is 0 Å². The molecule has 2 unspecified atom stereocenters. The molecular formula is C19H20N2O. The van der Waals surface area contributed by atoms with Gasteiger partial charge in [-0.3, -0.25) is 0 Å². The topological polar surface area (TPSA) is 23.6 Å². The number of rotatable bonds is 4. The van der Waals surface area contributed by atoms with Gasteiger partial charge in [-0.25, -0.2) is 4.79 Å². The maximum atomic E-state index is 12.8. The Morgan fingerprint density at radius 2 is 1.14 bits per heavy atom. The number of hydrogen-bond donors (Lipinski definition) is 0. The highest BCUT2D eigenvalue weighted by Gasteiger charge is 2.50. The van der Waals surface area contributed by atoms with Crippen molar-refractivity contribution in [1.82, 2.24) is 9.80 Å². The summed E-state index contributed by atoms with van der Waals surface area (Å²) in [6.45, 7) is 1.46. The second-order valence-electron chi connectivity index (χ2n) is 6.22. The molecule has 0 radical (unpaired) electrons. The van der Waals surface area contributed by atoms with Crippen molar-refractivity contribution in [2.75, 3.05) is 0 Å². The zero-order valence-corrected chi connectivity index (χ0v) is 12.6. The third-order valence-corrected chi connectivity index (χ3v) is 4.89. The van der Waals surface area contributed by atoms with Crippen molar-refractivity contribution in [1.29, 1.82) is 0 Å². The maximum absolute atomic E-state index is 12.8. The van der Waals surface area contributed by atoms with E-state index in [0.717, 1.165) is 25.9 Å². The number of benzene rings is 2. The van der Waals surface area contributed by atoms with Crippen molar-refractivity contribution < 1.29 is 4.79 Å². The maximum Gasteiger partial charge on any atom is 0.321 e. The molecule has 4 rings (SSSR count). The lowest BCUT2D eigenvalue weighted by atomic mass is 9.86. The van der Waals surface area contributed by atoms with Gasteiger partial charge in [0.1, 0.15) is 0 Å². The molecule has 2 atom stereocenters. The molecule has 2 aromatic carbocycles. The molecule has 2 aromatic rings. The molecule has 0 aromatic heterocycles. The summed E-state index contributed by atoms with van der Waals surface area (Å²) in [5.74, 6) is 0. The van der Waals surface area contributed by atoms with Gasteiger partial charge in [0.05, 0.1) is 12.1 Å². The van der Waals surface area contributed by atoms with Crippen LogP contribution in [-0.2, 0) is 13.1 Å². The Bertz CT molecular complexity index is 598. The van der Waals surface area contributed by atoms with Gasteiger partial charge in [-0.05, 0) is 24.0 Å². The summed E-state index contributed by atoms with van der Waals surface area (Å²) in [6.07, 6.45) is 2.27. The summed E-state index contributed by atoms with van der Waals surface area (Å²) in [5.41, 5.74) is 2.42. The van der Waals surface area contributed by atoms with E-state index >= 15 is 0 Å². The lowest BCUT2D eigenvalue weighted by Crippen LogP contribution is -2.45. The summed E-state index contributed by atoms with van der Waals surface area (Å²) >= 11 is 0. The molecule has 112 valence electrons. The van der Waals surface area contributed by atoms with E-state index in [1.54, 1.807) is 0 Å². The molecule has 0 spiro atoms. The van der Waals surface area contributed by atoms with Crippen LogP contribution < -0.4 is 0 Å². The molecule has 3 nitrogen and oxygen atoms in total. The molecule has 1 heterocycles. The molecule has 1 aliphatic heterocycles. The average molecular weight is 292 g/mol. The fourth-order valence-corrected chi connectivity index (χ4v) is 3.57. The van der Waals surface area contributed by atoms with Gasteiger partial charge in [-0.2, -0.15) is 0 Å². The van der Waals surface area contributed by atoms with Crippen LogP contribution >= 0.6 is 0 Å². The number of amides is 2. The van der Waals surface area contributed by atoms with Crippen LogP contribution in [0.1, 0.15) is 24.0 Å². The molecule has 0 N–H and O–H groups in total. The van der Waals surface area contributed by atoms with Crippen LogP contribution in [0, 0.1) is 0 Å². The molecular weight excluding hydrogens is 272 g/mol. The number of carbonyl (C=O) groups is 1. The smallest absolute Gasteiger partial charge is 0.315 e. The van der Waals surface area contributed by atoms with Crippen molar-refractivity contribution in [2.24, 2.45) is 0 Å². The molecule has 1 aliphatic carbocycles. The minimum atomic E-state index is 0.195. The Balaban J connectivity index is 1.52. The zero-order valence-electron chi connectivity index (χ0n) is 12.6. The minimum absolute atomic E-state index is 0.195. The predicted molar refractivity (Wildman–Crippen MR) is 86.2 cm³/mol. The molecule has 2 fully saturated rings. The highest BCUT2D eigenvalue weighted by molar-refractivity contribution is 5.78. The van der Waals surface area contributed by atoms with Crippen molar-refractivity contribution >= 4 is 6.03 Å². The van der Waals surface area contributed by atoms with Crippen molar-refractivity contribution in [2.45, 2.75) is 38.0 Å². The van der Waals surface area contributed by atoms with Crippen LogP contribution in [0.3, 0.4) is 0 Å². The van der Waals surface area contributed by atoms with Gasteiger partial charge in [0.25, 0.3) is 0 Å². The second-order valence-corrected chi connectivity index (χ2v) is 6.22. The highest BCUT2D eigenvalue weighted by atomic mass is 16.2. The summed E-state index contributed by atoms with van der Waals surface area (Å²) in [6, 6.07) is 21.6. The van der Waals surface area contributed by atoms with E-state index in [1.165, 1.54) is 11.1 Å². The van der Waals surface area contributed by atoms with Crippen molar-refractivity contribution in [3.05, 3.63) is 71.8 Å². The van der Waals surface area contributed by atoms with Gasteiger partial charge in [-0.15, -0.1) is 0 Å². The van der Waals surface area contributed by atoms with Crippen molar-refractivity contribution in [3.63, 3.8) is 0 Å². The van der Waals surface area contributed by atoms with E-state index in [-0.39, 0.29) is 6.03 Å². The van der Waals surface area contributed by atoms with Crippen LogP contribution in [0.5, 0.6) is 0 Å². The van der Waals surface area contributed by atoms with E-state index in [9.17, 15) is 4.79 Å². The number of urea groups is 1. The standard InChI is InChI=1S/C19H20N2O/c22-19-20(13-15-7-3-1-4-8-15)17-11-12-18(17)21(19)14-16-9-5-2-6-10-16/h1-10,17-18H,11-14H2. The Labute approximate surface area is 131 Å². The Hall–Kier alpha value is -2.29. The fourth-order valence-electron chi connectivity index (χ4n) is 3.57. The first kappa shape index (κ1) is 13.4. The van der Waals surface area contributed by atoms with Gasteiger partial charge in [0, 0.05) is 13.1 Å². The quantitative estimate of drug-likeness (QED) is 0.843. The zero-order chi connectivity index (χ0) is 14.9. The van der Waals surface area contributed by atoms with Crippen LogP contribution in [0.2, 0.25) is 0 Å². The largest absolute Gasteiger partial charge is 0.321 e. The van der Waals surface area contributed by atoms with Crippen LogP contribution in [-0.4, -0.2) is 27.9 Å². The van der Waals surface area contributed by atoms with E-state index in [0.29, 0.717) is 12.1 Å². The number of carbonyl (C=O) groups excluding carboxylic acids is 1. The Kier molecular flexibility index (Phi) is 3.34. The number of nitrogens with zero attached hydrogens (tertiary/aromatic N) is 2. The lowest BCUT2D eigenvalue weighted by Gasteiger charge is -2.36. The van der Waals surface area contributed by atoms with Crippen LogP contribution in [0.4, 0.5) is 4.79 Å². The van der Waals surface area contributed by atoms with E-state index in [1.807, 2.05) is 36.4 Å². The molecule has 1 saturated heterocycles. The number of fused-ring (bicyclic) bond motifs is 1. The third kappa shape index (κ3) is 2.27. The minimum Gasteiger partial charge on any atom is -0.315 e. The van der Waals surface area contributed by atoms with E-state index < -0.39 is 0 Å². The Morgan fingerprint density at radius 1 is 0.727 bits per heavy atom. The third-order valence-electron chi connectivity index (χ3n) is 4.89. The average Bonchev–Trinajstić information content (AvgIpc) is 2.69. The molecule has 2 amide bonds. The molecule has 2 aliphatic rings. The van der Waals surface area contributed by atoms with E-state index in [2.05, 4.69) is 34.1 Å². The monoisotopic (exact) mass is 292 g/mol. The first-order valence-electron chi connectivity index (χ1n) is 7.98. The highest BCUT2D eigenvalue weighted by Crippen LogP contribution is 2.39. The summed E-state index contributed by atoms with van der Waals surface area (Å²) < 4.78 is 0. The predicted octanol–water partition coefficient (Wildman–Crippen LogP) is 3.66. The van der Waals surface area contributed by atoms with Crippen molar-refractivity contribution in [3.8, 4) is 0 Å². The first-order chi connectivity index (χ1) is 10.8. The Morgan fingerprint density at radius 3 is 1.50 bits per heavy atom. The van der Waals surface area contributed by atoms with Crippen LogP contribution in [0.15, 0.2) is 60.7 Å². The van der Waals surface area contributed by atoms with Crippen LogP contribution in [0.25, 0.3) is 0 Å². The first-order valence-corrected chi connectivity index (χ1v) is 7.98. The second kappa shape index (κ2) is 5.48. The molecule has 1 saturated carbocycles. The number of hydrogen-bond acceptors (Lipinski definition) is 1. The lowest BCUT2D eigenvalue weighted by molar-refractivity contribution is 0.151. The van der Waals surface area contributed by atoms with Gasteiger partial charge in [-0.1, -0.05) is 60.7 Å². The van der Waals surface area contributed by atoms with E-state index in [4.69, 9.17) is 0 Å². The SMILES string of the molecule is O=C1N(Cc2ccccc2)C2CCC2N1Cc1ccccc1. The summed E-state index contributed by atoms with van der Waals surface area (Å²) in [7, 11) is 0. The fraction of sp³-hybridized carbons (Fsp3) is 0.316. The van der Waals surface area contributed by atoms with Gasteiger partial charge >= 0.3 is 6.03 Å². The normalized spacial score (nSPS) is 23.4. The molecule has 22 heavy (non-hydrogen) atoms. The summed E-state index contributed by atoms with van der Waals surface area (Å²) in [5, 5.41) is 0. The summed E-state index contributed by atoms with van der Waals surface area (Å²) in [4.78, 5) is 17.0. The van der Waals surface area contributed by atoms with Gasteiger partial charge < -0.3 is 9.80 Å². The molecule has 3 heteroatoms. The van der Waals surface area contributed by atoms with Gasteiger partial charge in [0.2, 0.25) is 0 Å². The molecule has 0 bridgehead atoms.